The minimum Gasteiger partial charge on any atom is -0.383 e. The number of hydrogen-bond acceptors (Lipinski definition) is 3. The summed E-state index contributed by atoms with van der Waals surface area (Å²) in [6.45, 7) is 6.04. The molecule has 104 valence electrons. The van der Waals surface area contributed by atoms with Crippen LogP contribution in [-0.4, -0.2) is 9.78 Å². The number of anilines is 1. The highest BCUT2D eigenvalue weighted by atomic mass is 79.9. The monoisotopic (exact) mass is 332 g/mol. The first kappa shape index (κ1) is 14.6. The van der Waals surface area contributed by atoms with Crippen molar-refractivity contribution in [3.05, 3.63) is 45.6 Å². The van der Waals surface area contributed by atoms with E-state index in [-0.39, 0.29) is 5.54 Å². The molecule has 0 aliphatic carbocycles. The topological polar surface area (TPSA) is 67.6 Å². The van der Waals surface area contributed by atoms with E-state index < -0.39 is 0 Å². The van der Waals surface area contributed by atoms with Crippen molar-refractivity contribution in [3.8, 4) is 6.07 Å². The molecule has 0 spiro atoms. The summed E-state index contributed by atoms with van der Waals surface area (Å²) in [5, 5.41) is 13.8. The lowest BCUT2D eigenvalue weighted by Gasteiger charge is -2.20. The number of nitriles is 1. The van der Waals surface area contributed by atoms with Crippen LogP contribution < -0.4 is 5.73 Å². The van der Waals surface area contributed by atoms with Crippen molar-refractivity contribution in [2.45, 2.75) is 32.7 Å². The van der Waals surface area contributed by atoms with E-state index in [2.05, 4.69) is 27.1 Å². The SMILES string of the molecule is CC(C)(C)n1nc(Cc2ccc(Br)cc2)c(C#N)c1N. The fourth-order valence-electron chi connectivity index (χ4n) is 2.03. The Morgan fingerprint density at radius 1 is 1.30 bits per heavy atom. The van der Waals surface area contributed by atoms with Gasteiger partial charge in [0.15, 0.2) is 0 Å². The van der Waals surface area contributed by atoms with E-state index in [1.54, 1.807) is 4.68 Å². The van der Waals surface area contributed by atoms with Gasteiger partial charge in [0, 0.05) is 10.9 Å². The first-order chi connectivity index (χ1) is 9.32. The lowest BCUT2D eigenvalue weighted by Crippen LogP contribution is -2.25. The maximum absolute atomic E-state index is 9.31. The second-order valence-electron chi connectivity index (χ2n) is 5.70. The Bertz CT molecular complexity index is 657. The van der Waals surface area contributed by atoms with Crippen LogP contribution in [0.3, 0.4) is 0 Å². The van der Waals surface area contributed by atoms with Gasteiger partial charge in [0.2, 0.25) is 0 Å². The van der Waals surface area contributed by atoms with Gasteiger partial charge in [-0.15, -0.1) is 0 Å². The predicted octanol–water partition coefficient (Wildman–Crippen LogP) is 3.45. The van der Waals surface area contributed by atoms with Gasteiger partial charge < -0.3 is 5.73 Å². The molecule has 2 aromatic rings. The van der Waals surface area contributed by atoms with Crippen molar-refractivity contribution >= 4 is 21.7 Å². The number of nitrogens with two attached hydrogens (primary N) is 1. The average Bonchev–Trinajstić information content (AvgIpc) is 2.68. The molecule has 0 saturated heterocycles. The molecule has 1 aromatic heterocycles. The smallest absolute Gasteiger partial charge is 0.140 e. The minimum absolute atomic E-state index is 0.242. The van der Waals surface area contributed by atoms with Crippen LogP contribution in [0.1, 0.15) is 37.6 Å². The van der Waals surface area contributed by atoms with Crippen LogP contribution in [0, 0.1) is 11.3 Å². The quantitative estimate of drug-likeness (QED) is 0.915. The van der Waals surface area contributed by atoms with Crippen molar-refractivity contribution in [1.82, 2.24) is 9.78 Å². The molecule has 20 heavy (non-hydrogen) atoms. The summed E-state index contributed by atoms with van der Waals surface area (Å²) in [7, 11) is 0. The zero-order chi connectivity index (χ0) is 14.9. The molecular formula is C15H17BrN4. The Hall–Kier alpha value is -1.80. The maximum Gasteiger partial charge on any atom is 0.140 e. The molecule has 0 saturated carbocycles. The molecule has 0 atom stereocenters. The number of nitrogens with zero attached hydrogens (tertiary/aromatic N) is 3. The summed E-state index contributed by atoms with van der Waals surface area (Å²) in [4.78, 5) is 0. The van der Waals surface area contributed by atoms with E-state index in [1.165, 1.54) is 0 Å². The summed E-state index contributed by atoms with van der Waals surface area (Å²) in [5.74, 6) is 0.437. The number of hydrogen-bond donors (Lipinski definition) is 1. The third kappa shape index (κ3) is 2.86. The maximum atomic E-state index is 9.31. The second kappa shape index (κ2) is 5.29. The van der Waals surface area contributed by atoms with E-state index in [1.807, 2.05) is 45.0 Å². The Labute approximate surface area is 127 Å². The van der Waals surface area contributed by atoms with Crippen LogP contribution in [0.25, 0.3) is 0 Å². The molecule has 0 aliphatic rings. The van der Waals surface area contributed by atoms with Gasteiger partial charge in [-0.05, 0) is 38.5 Å². The highest BCUT2D eigenvalue weighted by Crippen LogP contribution is 2.25. The largest absolute Gasteiger partial charge is 0.383 e. The first-order valence-electron chi connectivity index (χ1n) is 6.35. The molecule has 0 aliphatic heterocycles. The summed E-state index contributed by atoms with van der Waals surface area (Å²) >= 11 is 3.41. The number of aromatic nitrogens is 2. The fraction of sp³-hybridized carbons (Fsp3) is 0.333. The van der Waals surface area contributed by atoms with E-state index >= 15 is 0 Å². The Morgan fingerprint density at radius 3 is 2.40 bits per heavy atom. The third-order valence-corrected chi connectivity index (χ3v) is 3.55. The van der Waals surface area contributed by atoms with Crippen LogP contribution >= 0.6 is 15.9 Å². The molecule has 5 heteroatoms. The van der Waals surface area contributed by atoms with Crippen LogP contribution in [-0.2, 0) is 12.0 Å². The van der Waals surface area contributed by atoms with E-state index in [4.69, 9.17) is 5.73 Å². The summed E-state index contributed by atoms with van der Waals surface area (Å²) < 4.78 is 2.75. The fourth-order valence-corrected chi connectivity index (χ4v) is 2.30. The van der Waals surface area contributed by atoms with Crippen LogP contribution in [0.2, 0.25) is 0 Å². The highest BCUT2D eigenvalue weighted by molar-refractivity contribution is 9.10. The molecule has 2 rings (SSSR count). The third-order valence-electron chi connectivity index (χ3n) is 3.03. The Kier molecular flexibility index (Phi) is 3.87. The van der Waals surface area contributed by atoms with Crippen molar-refractivity contribution < 1.29 is 0 Å². The zero-order valence-corrected chi connectivity index (χ0v) is 13.4. The molecule has 1 aromatic carbocycles. The van der Waals surface area contributed by atoms with Gasteiger partial charge in [0.05, 0.1) is 11.2 Å². The number of halogens is 1. The standard InChI is InChI=1S/C15H17BrN4/c1-15(2,3)20-14(18)12(9-17)13(19-20)8-10-4-6-11(16)7-5-10/h4-7H,8,18H2,1-3H3. The van der Waals surface area contributed by atoms with Crippen molar-refractivity contribution in [3.63, 3.8) is 0 Å². The van der Waals surface area contributed by atoms with Crippen LogP contribution in [0.5, 0.6) is 0 Å². The number of rotatable bonds is 2. The van der Waals surface area contributed by atoms with E-state index in [0.717, 1.165) is 15.7 Å². The molecule has 0 unspecified atom stereocenters. The summed E-state index contributed by atoms with van der Waals surface area (Å²) in [5.41, 5.74) is 8.11. The van der Waals surface area contributed by atoms with Crippen molar-refractivity contribution in [2.24, 2.45) is 0 Å². The Morgan fingerprint density at radius 2 is 1.90 bits per heavy atom. The van der Waals surface area contributed by atoms with Crippen LogP contribution in [0.15, 0.2) is 28.7 Å². The predicted molar refractivity (Wildman–Crippen MR) is 83.3 cm³/mol. The van der Waals surface area contributed by atoms with Gasteiger partial charge in [-0.3, -0.25) is 0 Å². The van der Waals surface area contributed by atoms with Gasteiger partial charge >= 0.3 is 0 Å². The molecule has 0 fully saturated rings. The highest BCUT2D eigenvalue weighted by Gasteiger charge is 2.23. The molecular weight excluding hydrogens is 316 g/mol. The average molecular weight is 333 g/mol. The normalized spacial score (nSPS) is 11.3. The molecule has 0 radical (unpaired) electrons. The Balaban J connectivity index is 2.42. The zero-order valence-electron chi connectivity index (χ0n) is 11.8. The molecule has 2 N–H and O–H groups in total. The van der Waals surface area contributed by atoms with Gasteiger partial charge in [-0.25, -0.2) is 4.68 Å². The molecule has 1 heterocycles. The summed E-state index contributed by atoms with van der Waals surface area (Å²) in [6, 6.07) is 10.1. The van der Waals surface area contributed by atoms with Crippen LogP contribution in [0.4, 0.5) is 5.82 Å². The summed E-state index contributed by atoms with van der Waals surface area (Å²) in [6.07, 6.45) is 0.601. The van der Waals surface area contributed by atoms with Gasteiger partial charge in [0.1, 0.15) is 17.5 Å². The van der Waals surface area contributed by atoms with E-state index in [0.29, 0.717) is 17.8 Å². The second-order valence-corrected chi connectivity index (χ2v) is 6.62. The molecule has 0 bridgehead atoms. The number of nitrogen functional groups attached to an aromatic ring is 1. The lowest BCUT2D eigenvalue weighted by molar-refractivity contribution is 0.359. The van der Waals surface area contributed by atoms with Crippen molar-refractivity contribution in [2.75, 3.05) is 5.73 Å². The van der Waals surface area contributed by atoms with Gasteiger partial charge in [0.25, 0.3) is 0 Å². The first-order valence-corrected chi connectivity index (χ1v) is 7.14. The molecule has 0 amide bonds. The van der Waals surface area contributed by atoms with E-state index in [9.17, 15) is 5.26 Å². The van der Waals surface area contributed by atoms with Gasteiger partial charge in [-0.2, -0.15) is 10.4 Å². The lowest BCUT2D eigenvalue weighted by atomic mass is 10.1. The number of benzene rings is 1. The molecule has 4 nitrogen and oxygen atoms in total. The minimum atomic E-state index is -0.242. The van der Waals surface area contributed by atoms with Crippen molar-refractivity contribution in [1.29, 1.82) is 5.26 Å². The van der Waals surface area contributed by atoms with Gasteiger partial charge in [-0.1, -0.05) is 28.1 Å².